The van der Waals surface area contributed by atoms with Gasteiger partial charge in [-0.25, -0.2) is 0 Å². The van der Waals surface area contributed by atoms with Gasteiger partial charge in [0, 0.05) is 11.7 Å². The molecule has 0 aliphatic carbocycles. The van der Waals surface area contributed by atoms with E-state index < -0.39 is 0 Å². The number of hydrogen-bond donors (Lipinski definition) is 0. The topological polar surface area (TPSA) is 22.1 Å². The third kappa shape index (κ3) is 1.59. The molecule has 0 atom stereocenters. The summed E-state index contributed by atoms with van der Waals surface area (Å²) in [6, 6.07) is 10.7. The fraction of sp³-hybridized carbons (Fsp3) is 0.0833. The van der Waals surface area contributed by atoms with Crippen molar-refractivity contribution in [3.8, 4) is 17.0 Å². The van der Waals surface area contributed by atoms with E-state index >= 15 is 0 Å². The van der Waals surface area contributed by atoms with Crippen LogP contribution in [0.5, 0.6) is 5.75 Å². The Morgan fingerprint density at radius 3 is 2.86 bits per heavy atom. The monoisotopic (exact) mass is 187 g/mol. The van der Waals surface area contributed by atoms with E-state index in [1.807, 2.05) is 0 Å². The van der Waals surface area contributed by atoms with Crippen LogP contribution in [0.15, 0.2) is 48.6 Å². The molecule has 0 saturated heterocycles. The van der Waals surface area contributed by atoms with Gasteiger partial charge in [-0.1, -0.05) is 18.2 Å². The highest BCUT2D eigenvalue weighted by Gasteiger charge is 2.03. The molecular formula is C12H11NO. The van der Waals surface area contributed by atoms with Crippen molar-refractivity contribution >= 4 is 0 Å². The second kappa shape index (κ2) is 3.92. The van der Waals surface area contributed by atoms with Gasteiger partial charge in [0.25, 0.3) is 0 Å². The van der Waals surface area contributed by atoms with Crippen molar-refractivity contribution in [2.75, 3.05) is 7.11 Å². The van der Waals surface area contributed by atoms with Crippen LogP contribution in [-0.4, -0.2) is 12.1 Å². The first-order chi connectivity index (χ1) is 7.72. The van der Waals surface area contributed by atoms with E-state index in [-0.39, 0.29) is 6.17 Å². The zero-order valence-corrected chi connectivity index (χ0v) is 7.82. The minimum atomic E-state index is 0.183. The lowest BCUT2D eigenvalue weighted by Crippen LogP contribution is -1.88. The second-order valence-corrected chi connectivity index (χ2v) is 2.77. The molecule has 0 N–H and O–H groups in total. The summed E-state index contributed by atoms with van der Waals surface area (Å²) in [6.45, 7) is 0. The molecule has 14 heavy (non-hydrogen) atoms. The first-order valence-electron chi connectivity index (χ1n) is 5.30. The highest BCUT2D eigenvalue weighted by Crippen LogP contribution is 2.27. The lowest BCUT2D eigenvalue weighted by Gasteiger charge is -2.06. The Balaban J connectivity index is 2.63. The summed E-state index contributed by atoms with van der Waals surface area (Å²) >= 11 is 0. The summed E-state index contributed by atoms with van der Waals surface area (Å²) in [5, 5.41) is 0. The molecule has 1 heterocycles. The van der Waals surface area contributed by atoms with E-state index in [2.05, 4.69) is 4.98 Å². The number of para-hydroxylation sites is 1. The molecule has 0 unspecified atom stereocenters. The Bertz CT molecular complexity index is 514. The lowest BCUT2D eigenvalue weighted by atomic mass is 10.1. The van der Waals surface area contributed by atoms with E-state index in [1.54, 1.807) is 43.5 Å². The Labute approximate surface area is 86.0 Å². The predicted octanol–water partition coefficient (Wildman–Crippen LogP) is 2.76. The maximum absolute atomic E-state index is 7.84. The molecule has 2 rings (SSSR count). The van der Waals surface area contributed by atoms with Gasteiger partial charge in [0.2, 0.25) is 0 Å². The normalized spacial score (nSPS) is 11.8. The van der Waals surface area contributed by atoms with Gasteiger partial charge in [0.15, 0.2) is 0 Å². The van der Waals surface area contributed by atoms with Crippen molar-refractivity contribution < 1.29 is 7.48 Å². The molecule has 1 aromatic heterocycles. The van der Waals surface area contributed by atoms with Crippen LogP contribution in [0.25, 0.3) is 11.3 Å². The SMILES string of the molecule is [2H]c1cccc(-c2c([2H])cccc2OC)n1. The zero-order valence-electron chi connectivity index (χ0n) is 9.82. The maximum atomic E-state index is 7.84. The molecule has 2 nitrogen and oxygen atoms in total. The van der Waals surface area contributed by atoms with E-state index in [0.717, 1.165) is 0 Å². The highest BCUT2D eigenvalue weighted by atomic mass is 16.5. The molecule has 0 radical (unpaired) electrons. The average Bonchev–Trinajstić information content (AvgIpc) is 2.28. The molecule has 1 aromatic carbocycles. The number of aromatic nitrogens is 1. The standard InChI is InChI=1S/C12H11NO/c1-14-12-8-3-2-6-10(12)11-7-4-5-9-13-11/h2-9H,1H3/i6D,9D. The summed E-state index contributed by atoms with van der Waals surface area (Å²) in [5.74, 6) is 0.602. The van der Waals surface area contributed by atoms with Crippen LogP contribution in [-0.2, 0) is 0 Å². The second-order valence-electron chi connectivity index (χ2n) is 2.77. The quantitative estimate of drug-likeness (QED) is 0.721. The van der Waals surface area contributed by atoms with Gasteiger partial charge in [0.05, 0.1) is 15.5 Å². The van der Waals surface area contributed by atoms with Crippen LogP contribution >= 0.6 is 0 Å². The number of hydrogen-bond acceptors (Lipinski definition) is 2. The molecule has 0 aliphatic heterocycles. The lowest BCUT2D eigenvalue weighted by molar-refractivity contribution is 0.416. The molecule has 0 bridgehead atoms. The molecule has 70 valence electrons. The molecule has 0 amide bonds. The van der Waals surface area contributed by atoms with Crippen LogP contribution in [0.4, 0.5) is 0 Å². The first-order valence-corrected chi connectivity index (χ1v) is 4.30. The van der Waals surface area contributed by atoms with E-state index in [1.165, 1.54) is 0 Å². The minimum Gasteiger partial charge on any atom is -0.496 e. The Morgan fingerprint density at radius 2 is 2.07 bits per heavy atom. The number of nitrogens with zero attached hydrogens (tertiary/aromatic N) is 1. The van der Waals surface area contributed by atoms with Crippen LogP contribution in [0.3, 0.4) is 0 Å². The predicted molar refractivity (Wildman–Crippen MR) is 56.2 cm³/mol. The molecule has 0 fully saturated rings. The van der Waals surface area contributed by atoms with Crippen molar-refractivity contribution in [2.24, 2.45) is 0 Å². The smallest absolute Gasteiger partial charge is 0.128 e. The van der Waals surface area contributed by atoms with E-state index in [0.29, 0.717) is 23.0 Å². The highest BCUT2D eigenvalue weighted by molar-refractivity contribution is 5.66. The van der Waals surface area contributed by atoms with Gasteiger partial charge in [0.1, 0.15) is 5.75 Å². The van der Waals surface area contributed by atoms with Gasteiger partial charge >= 0.3 is 0 Å². The fourth-order valence-corrected chi connectivity index (χ4v) is 1.26. The molecule has 0 aliphatic rings. The summed E-state index contributed by atoms with van der Waals surface area (Å²) in [6.07, 6.45) is 0.183. The minimum absolute atomic E-state index is 0.183. The number of pyridine rings is 1. The Morgan fingerprint density at radius 1 is 1.21 bits per heavy atom. The molecule has 0 saturated carbocycles. The molecule has 0 spiro atoms. The summed E-state index contributed by atoms with van der Waals surface area (Å²) < 4.78 is 20.5. The Kier molecular flexibility index (Phi) is 1.85. The van der Waals surface area contributed by atoms with Gasteiger partial charge in [-0.2, -0.15) is 0 Å². The van der Waals surface area contributed by atoms with Crippen molar-refractivity contribution in [3.63, 3.8) is 0 Å². The van der Waals surface area contributed by atoms with Gasteiger partial charge in [-0.15, -0.1) is 0 Å². The first kappa shape index (κ1) is 6.60. The van der Waals surface area contributed by atoms with Gasteiger partial charge in [-0.05, 0) is 24.2 Å². The van der Waals surface area contributed by atoms with E-state index in [4.69, 9.17) is 7.48 Å². The van der Waals surface area contributed by atoms with Crippen LogP contribution in [0.1, 0.15) is 2.74 Å². The third-order valence-electron chi connectivity index (χ3n) is 1.90. The number of methoxy groups -OCH3 is 1. The fourth-order valence-electron chi connectivity index (χ4n) is 1.26. The van der Waals surface area contributed by atoms with E-state index in [9.17, 15) is 0 Å². The van der Waals surface area contributed by atoms with Crippen molar-refractivity contribution in [1.82, 2.24) is 4.98 Å². The molecule has 2 heteroatoms. The maximum Gasteiger partial charge on any atom is 0.128 e. The van der Waals surface area contributed by atoms with Crippen LogP contribution in [0.2, 0.25) is 0 Å². The van der Waals surface area contributed by atoms with Crippen LogP contribution in [0, 0.1) is 0 Å². The summed E-state index contributed by atoms with van der Waals surface area (Å²) in [7, 11) is 1.56. The number of rotatable bonds is 2. The van der Waals surface area contributed by atoms with Gasteiger partial charge in [-0.3, -0.25) is 4.98 Å². The third-order valence-corrected chi connectivity index (χ3v) is 1.90. The largest absolute Gasteiger partial charge is 0.496 e. The van der Waals surface area contributed by atoms with Gasteiger partial charge < -0.3 is 4.74 Å². The van der Waals surface area contributed by atoms with Crippen molar-refractivity contribution in [3.05, 3.63) is 48.6 Å². The molecule has 2 aromatic rings. The summed E-state index contributed by atoms with van der Waals surface area (Å²) in [4.78, 5) is 4.08. The summed E-state index contributed by atoms with van der Waals surface area (Å²) in [5.41, 5.74) is 1.22. The van der Waals surface area contributed by atoms with Crippen molar-refractivity contribution in [1.29, 1.82) is 0 Å². The van der Waals surface area contributed by atoms with Crippen molar-refractivity contribution in [2.45, 2.75) is 0 Å². The number of ether oxygens (including phenoxy) is 1. The zero-order chi connectivity index (χ0) is 11.5. The van der Waals surface area contributed by atoms with Crippen LogP contribution < -0.4 is 4.74 Å². The number of benzene rings is 1. The molecular weight excluding hydrogens is 174 g/mol. The Hall–Kier alpha value is -1.83. The average molecular weight is 187 g/mol.